The van der Waals surface area contributed by atoms with E-state index >= 15 is 0 Å². The largest absolute Gasteiger partial charge is 0.354 e. The van der Waals surface area contributed by atoms with Crippen LogP contribution in [-0.2, 0) is 9.59 Å². The standard InChI is InChI=1S/C11H16N2O2/c1-2-3-4-5-8-12-11(15)9-6-7-10(14)13-9/h1,9H,3-8H2,(H,12,15)(H,13,14)/t9-/m0/s1. The molecule has 0 radical (unpaired) electrons. The van der Waals surface area contributed by atoms with Crippen molar-refractivity contribution in [1.29, 1.82) is 0 Å². The molecule has 1 atom stereocenters. The predicted molar refractivity (Wildman–Crippen MR) is 56.9 cm³/mol. The number of carbonyl (C=O) groups is 2. The first-order chi connectivity index (χ1) is 7.24. The lowest BCUT2D eigenvalue weighted by Gasteiger charge is -2.10. The van der Waals surface area contributed by atoms with Crippen LogP contribution in [0.25, 0.3) is 0 Å². The van der Waals surface area contributed by atoms with Crippen molar-refractivity contribution in [2.75, 3.05) is 6.54 Å². The average molecular weight is 208 g/mol. The fraction of sp³-hybridized carbons (Fsp3) is 0.636. The van der Waals surface area contributed by atoms with Gasteiger partial charge in [0.25, 0.3) is 0 Å². The first-order valence-electron chi connectivity index (χ1n) is 5.24. The van der Waals surface area contributed by atoms with E-state index in [1.807, 2.05) is 0 Å². The Bertz CT molecular complexity index is 281. The third-order valence-corrected chi connectivity index (χ3v) is 2.36. The summed E-state index contributed by atoms with van der Waals surface area (Å²) in [6.45, 7) is 0.632. The van der Waals surface area contributed by atoms with E-state index in [4.69, 9.17) is 6.42 Å². The molecule has 1 saturated heterocycles. The lowest BCUT2D eigenvalue weighted by atomic mass is 10.2. The minimum absolute atomic E-state index is 0.0394. The van der Waals surface area contributed by atoms with Crippen molar-refractivity contribution in [3.8, 4) is 12.3 Å². The van der Waals surface area contributed by atoms with Gasteiger partial charge in [0.1, 0.15) is 6.04 Å². The minimum Gasteiger partial charge on any atom is -0.354 e. The highest BCUT2D eigenvalue weighted by Gasteiger charge is 2.26. The molecule has 4 nitrogen and oxygen atoms in total. The van der Waals surface area contributed by atoms with Gasteiger partial charge in [-0.05, 0) is 19.3 Å². The summed E-state index contributed by atoms with van der Waals surface area (Å²) in [5.41, 5.74) is 0. The highest BCUT2D eigenvalue weighted by Crippen LogP contribution is 2.06. The van der Waals surface area contributed by atoms with Gasteiger partial charge in [0.2, 0.25) is 11.8 Å². The fourth-order valence-corrected chi connectivity index (χ4v) is 1.50. The van der Waals surface area contributed by atoms with E-state index < -0.39 is 0 Å². The molecule has 0 unspecified atom stereocenters. The maximum absolute atomic E-state index is 11.5. The van der Waals surface area contributed by atoms with Crippen LogP contribution in [0.5, 0.6) is 0 Å². The average Bonchev–Trinajstić information content (AvgIpc) is 2.64. The van der Waals surface area contributed by atoms with Crippen LogP contribution in [0.2, 0.25) is 0 Å². The zero-order valence-electron chi connectivity index (χ0n) is 8.71. The van der Waals surface area contributed by atoms with E-state index in [1.165, 1.54) is 0 Å². The molecule has 0 spiro atoms. The van der Waals surface area contributed by atoms with Gasteiger partial charge in [-0.3, -0.25) is 9.59 Å². The van der Waals surface area contributed by atoms with Gasteiger partial charge < -0.3 is 10.6 Å². The normalized spacial score (nSPS) is 19.4. The number of carbonyl (C=O) groups excluding carboxylic acids is 2. The highest BCUT2D eigenvalue weighted by molar-refractivity contribution is 5.90. The molecule has 2 N–H and O–H groups in total. The molecule has 1 rings (SSSR count). The van der Waals surface area contributed by atoms with Gasteiger partial charge in [-0.2, -0.15) is 0 Å². The van der Waals surface area contributed by atoms with Crippen LogP contribution in [-0.4, -0.2) is 24.4 Å². The Hall–Kier alpha value is -1.50. The first kappa shape index (κ1) is 11.6. The van der Waals surface area contributed by atoms with Crippen LogP contribution < -0.4 is 10.6 Å². The number of amides is 2. The van der Waals surface area contributed by atoms with Crippen LogP contribution in [0, 0.1) is 12.3 Å². The summed E-state index contributed by atoms with van der Waals surface area (Å²) in [5.74, 6) is 2.43. The van der Waals surface area contributed by atoms with Crippen molar-refractivity contribution >= 4 is 11.8 Å². The third-order valence-electron chi connectivity index (χ3n) is 2.36. The SMILES string of the molecule is C#CCCCCNC(=O)[C@@H]1CCC(=O)N1. The summed E-state index contributed by atoms with van der Waals surface area (Å²) in [4.78, 5) is 22.3. The van der Waals surface area contributed by atoms with Crippen LogP contribution in [0.1, 0.15) is 32.1 Å². The Morgan fingerprint density at radius 2 is 2.40 bits per heavy atom. The van der Waals surface area contributed by atoms with Crippen molar-refractivity contribution in [3.05, 3.63) is 0 Å². The highest BCUT2D eigenvalue weighted by atomic mass is 16.2. The maximum atomic E-state index is 11.5. The second-order valence-electron chi connectivity index (χ2n) is 3.61. The predicted octanol–water partition coefficient (Wildman–Crippen LogP) is 0.185. The van der Waals surface area contributed by atoms with Crippen LogP contribution in [0.3, 0.4) is 0 Å². The van der Waals surface area contributed by atoms with Crippen LogP contribution >= 0.6 is 0 Å². The Morgan fingerprint density at radius 1 is 1.60 bits per heavy atom. The van der Waals surface area contributed by atoms with Crippen LogP contribution in [0.4, 0.5) is 0 Å². The molecule has 1 fully saturated rings. The molecule has 82 valence electrons. The van der Waals surface area contributed by atoms with Gasteiger partial charge in [0, 0.05) is 19.4 Å². The maximum Gasteiger partial charge on any atom is 0.242 e. The van der Waals surface area contributed by atoms with Crippen molar-refractivity contribution in [3.63, 3.8) is 0 Å². The molecule has 4 heteroatoms. The van der Waals surface area contributed by atoms with Gasteiger partial charge in [0.05, 0.1) is 0 Å². The molecule has 0 bridgehead atoms. The number of hydrogen-bond acceptors (Lipinski definition) is 2. The molecular weight excluding hydrogens is 192 g/mol. The van der Waals surface area contributed by atoms with Gasteiger partial charge in [-0.15, -0.1) is 12.3 Å². The van der Waals surface area contributed by atoms with Crippen molar-refractivity contribution < 1.29 is 9.59 Å². The number of hydrogen-bond donors (Lipinski definition) is 2. The summed E-state index contributed by atoms with van der Waals surface area (Å²) in [6.07, 6.45) is 8.72. The van der Waals surface area contributed by atoms with E-state index in [-0.39, 0.29) is 17.9 Å². The Kier molecular flexibility index (Phi) is 4.69. The van der Waals surface area contributed by atoms with E-state index in [0.717, 1.165) is 19.3 Å². The Balaban J connectivity index is 2.09. The number of terminal acetylenes is 1. The number of nitrogens with one attached hydrogen (secondary N) is 2. The summed E-state index contributed by atoms with van der Waals surface area (Å²) in [6, 6.07) is -0.329. The summed E-state index contributed by atoms with van der Waals surface area (Å²) < 4.78 is 0. The molecule has 0 aromatic carbocycles. The number of rotatable bonds is 5. The lowest BCUT2D eigenvalue weighted by Crippen LogP contribution is -2.41. The topological polar surface area (TPSA) is 58.2 Å². The molecule has 1 aliphatic rings. The molecule has 0 aromatic heterocycles. The van der Waals surface area contributed by atoms with Gasteiger partial charge in [-0.25, -0.2) is 0 Å². The van der Waals surface area contributed by atoms with Crippen molar-refractivity contribution in [2.24, 2.45) is 0 Å². The molecule has 0 saturated carbocycles. The minimum atomic E-state index is -0.329. The van der Waals surface area contributed by atoms with Crippen molar-refractivity contribution in [2.45, 2.75) is 38.1 Å². The molecule has 0 aliphatic carbocycles. The monoisotopic (exact) mass is 208 g/mol. The summed E-state index contributed by atoms with van der Waals surface area (Å²) in [7, 11) is 0. The Labute approximate surface area is 89.8 Å². The smallest absolute Gasteiger partial charge is 0.242 e. The quantitative estimate of drug-likeness (QED) is 0.500. The fourth-order valence-electron chi connectivity index (χ4n) is 1.50. The van der Waals surface area contributed by atoms with Crippen molar-refractivity contribution in [1.82, 2.24) is 10.6 Å². The number of unbranched alkanes of at least 4 members (excludes halogenated alkanes) is 2. The summed E-state index contributed by atoms with van der Waals surface area (Å²) >= 11 is 0. The van der Waals surface area contributed by atoms with Crippen LogP contribution in [0.15, 0.2) is 0 Å². The molecule has 15 heavy (non-hydrogen) atoms. The Morgan fingerprint density at radius 3 is 3.00 bits per heavy atom. The molecular formula is C11H16N2O2. The molecule has 1 heterocycles. The van der Waals surface area contributed by atoms with E-state index in [9.17, 15) is 9.59 Å². The second kappa shape index (κ2) is 6.07. The molecule has 1 aliphatic heterocycles. The summed E-state index contributed by atoms with van der Waals surface area (Å²) in [5, 5.41) is 5.40. The first-order valence-corrected chi connectivity index (χ1v) is 5.24. The zero-order valence-corrected chi connectivity index (χ0v) is 8.71. The van der Waals surface area contributed by atoms with E-state index in [1.54, 1.807) is 0 Å². The third kappa shape index (κ3) is 4.03. The zero-order chi connectivity index (χ0) is 11.1. The molecule has 2 amide bonds. The van der Waals surface area contributed by atoms with E-state index in [2.05, 4.69) is 16.6 Å². The van der Waals surface area contributed by atoms with Gasteiger partial charge >= 0.3 is 0 Å². The van der Waals surface area contributed by atoms with Gasteiger partial charge in [0.15, 0.2) is 0 Å². The van der Waals surface area contributed by atoms with E-state index in [0.29, 0.717) is 19.4 Å². The molecule has 0 aromatic rings. The second-order valence-corrected chi connectivity index (χ2v) is 3.61. The van der Waals surface area contributed by atoms with Gasteiger partial charge in [-0.1, -0.05) is 0 Å². The lowest BCUT2D eigenvalue weighted by molar-refractivity contribution is -0.125.